The largest absolute Gasteiger partial charge is 0.381 e. The monoisotopic (exact) mass is 418 g/mol. The maximum Gasteiger partial charge on any atom is 0.0646 e. The maximum absolute atomic E-state index is 5.18. The third-order valence-corrected chi connectivity index (χ3v) is 4.57. The lowest BCUT2D eigenvalue weighted by Crippen LogP contribution is -1.92. The number of rotatable bonds is 6. The zero-order valence-electron chi connectivity index (χ0n) is 18.5. The molecule has 0 aliphatic rings. The lowest BCUT2D eigenvalue weighted by molar-refractivity contribution is 0.234. The van der Waals surface area contributed by atoms with E-state index in [2.05, 4.69) is 35.8 Å². The molecule has 0 spiro atoms. The van der Waals surface area contributed by atoms with Crippen LogP contribution in [0.1, 0.15) is 33.4 Å². The van der Waals surface area contributed by atoms with Crippen molar-refractivity contribution in [3.8, 4) is 23.7 Å². The highest BCUT2D eigenvalue weighted by Gasteiger charge is 2.05. The maximum atomic E-state index is 5.18. The van der Waals surface area contributed by atoms with E-state index in [1.54, 1.807) is 14.2 Å². The summed E-state index contributed by atoms with van der Waals surface area (Å²) in [6, 6.07) is 24.1. The molecule has 0 aliphatic carbocycles. The Morgan fingerprint density at radius 1 is 0.594 bits per heavy atom. The van der Waals surface area contributed by atoms with Gasteiger partial charge in [-0.1, -0.05) is 84.4 Å². The van der Waals surface area contributed by atoms with Crippen LogP contribution in [0.25, 0.3) is 12.2 Å². The molecule has 0 radical (unpaired) electrons. The minimum absolute atomic E-state index is 0.534. The van der Waals surface area contributed by atoms with Crippen molar-refractivity contribution >= 4 is 12.2 Å². The van der Waals surface area contributed by atoms with Crippen LogP contribution >= 0.6 is 0 Å². The molecule has 3 aromatic rings. The summed E-state index contributed by atoms with van der Waals surface area (Å²) in [5.41, 5.74) is 5.83. The van der Waals surface area contributed by atoms with Gasteiger partial charge < -0.3 is 9.47 Å². The molecule has 0 atom stereocenters. The summed E-state index contributed by atoms with van der Waals surface area (Å²) >= 11 is 0. The Balaban J connectivity index is 2.09. The van der Waals surface area contributed by atoms with Crippen LogP contribution in [0.5, 0.6) is 0 Å². The van der Waals surface area contributed by atoms with Crippen LogP contribution in [0.15, 0.2) is 84.9 Å². The molecule has 0 unspecified atom stereocenters. The molecule has 3 aromatic carbocycles. The fraction of sp³-hybridized carbons (Fsp3) is 0.133. The van der Waals surface area contributed by atoms with Crippen molar-refractivity contribution in [1.82, 2.24) is 0 Å². The van der Waals surface area contributed by atoms with E-state index < -0.39 is 0 Å². The molecule has 0 heterocycles. The standard InChI is InChI=1S/C30H26O2/c1-31-21-9-15-27-23-30(20-18-26-13-7-4-8-14-26)28(16-10-22-32-2)24-29(27)19-17-25-11-5-3-6-12-25/h3-16,23-24H,21-22H2,1-2H3. The van der Waals surface area contributed by atoms with Crippen molar-refractivity contribution in [2.45, 2.75) is 0 Å². The first-order valence-electron chi connectivity index (χ1n) is 10.4. The van der Waals surface area contributed by atoms with E-state index in [0.29, 0.717) is 13.2 Å². The highest BCUT2D eigenvalue weighted by Crippen LogP contribution is 2.20. The summed E-state index contributed by atoms with van der Waals surface area (Å²) in [6.45, 7) is 1.07. The fourth-order valence-electron chi connectivity index (χ4n) is 2.99. The van der Waals surface area contributed by atoms with E-state index in [9.17, 15) is 0 Å². The molecule has 0 saturated heterocycles. The first kappa shape index (κ1) is 22.9. The van der Waals surface area contributed by atoms with E-state index in [1.807, 2.05) is 85.0 Å². The smallest absolute Gasteiger partial charge is 0.0646 e. The number of benzene rings is 3. The van der Waals surface area contributed by atoms with E-state index in [-0.39, 0.29) is 0 Å². The van der Waals surface area contributed by atoms with Crippen LogP contribution in [-0.4, -0.2) is 27.4 Å². The summed E-state index contributed by atoms with van der Waals surface area (Å²) < 4.78 is 10.4. The van der Waals surface area contributed by atoms with Gasteiger partial charge >= 0.3 is 0 Å². The van der Waals surface area contributed by atoms with Crippen LogP contribution < -0.4 is 0 Å². The van der Waals surface area contributed by atoms with Crippen molar-refractivity contribution in [2.75, 3.05) is 27.4 Å². The third-order valence-electron chi connectivity index (χ3n) is 4.57. The second kappa shape index (κ2) is 12.8. The normalized spacial score (nSPS) is 10.6. The van der Waals surface area contributed by atoms with Gasteiger partial charge in [0.05, 0.1) is 13.2 Å². The number of hydrogen-bond acceptors (Lipinski definition) is 2. The molecule has 158 valence electrons. The molecule has 0 aromatic heterocycles. The molecule has 0 fully saturated rings. The molecule has 2 heteroatoms. The quantitative estimate of drug-likeness (QED) is 0.471. The minimum Gasteiger partial charge on any atom is -0.381 e. The third kappa shape index (κ3) is 7.15. The lowest BCUT2D eigenvalue weighted by Gasteiger charge is -2.06. The van der Waals surface area contributed by atoms with Gasteiger partial charge in [-0.25, -0.2) is 0 Å². The average Bonchev–Trinajstić information content (AvgIpc) is 2.84. The topological polar surface area (TPSA) is 18.5 Å². The Hall–Kier alpha value is -3.82. The predicted octanol–water partition coefficient (Wildman–Crippen LogP) is 5.81. The summed E-state index contributed by atoms with van der Waals surface area (Å²) in [5, 5.41) is 0. The molecule has 0 aliphatic heterocycles. The second-order valence-electron chi connectivity index (χ2n) is 6.97. The van der Waals surface area contributed by atoms with E-state index in [1.165, 1.54) is 0 Å². The van der Waals surface area contributed by atoms with Crippen molar-refractivity contribution in [3.05, 3.63) is 118 Å². The van der Waals surface area contributed by atoms with Gasteiger partial charge in [0.25, 0.3) is 0 Å². The van der Waals surface area contributed by atoms with Gasteiger partial charge in [0.15, 0.2) is 0 Å². The summed E-state index contributed by atoms with van der Waals surface area (Å²) in [6.07, 6.45) is 8.04. The number of ether oxygens (including phenoxy) is 2. The summed E-state index contributed by atoms with van der Waals surface area (Å²) in [4.78, 5) is 0. The van der Waals surface area contributed by atoms with Crippen molar-refractivity contribution in [2.24, 2.45) is 0 Å². The van der Waals surface area contributed by atoms with E-state index in [0.717, 1.165) is 33.4 Å². The molecular formula is C30H26O2. The molecule has 0 amide bonds. The van der Waals surface area contributed by atoms with Crippen molar-refractivity contribution in [1.29, 1.82) is 0 Å². The van der Waals surface area contributed by atoms with Gasteiger partial charge in [0.2, 0.25) is 0 Å². The van der Waals surface area contributed by atoms with Gasteiger partial charge in [0.1, 0.15) is 0 Å². The van der Waals surface area contributed by atoms with E-state index in [4.69, 9.17) is 9.47 Å². The molecule has 0 N–H and O–H groups in total. The zero-order valence-corrected chi connectivity index (χ0v) is 18.5. The highest BCUT2D eigenvalue weighted by atomic mass is 16.5. The van der Waals surface area contributed by atoms with Crippen molar-refractivity contribution in [3.63, 3.8) is 0 Å². The Labute approximate surface area is 191 Å². The zero-order chi connectivity index (χ0) is 22.4. The highest BCUT2D eigenvalue weighted by molar-refractivity contribution is 5.70. The second-order valence-corrected chi connectivity index (χ2v) is 6.97. The Kier molecular flexibility index (Phi) is 9.13. The first-order valence-corrected chi connectivity index (χ1v) is 10.4. The van der Waals surface area contributed by atoms with Crippen LogP contribution in [-0.2, 0) is 9.47 Å². The minimum atomic E-state index is 0.534. The molecule has 0 saturated carbocycles. The van der Waals surface area contributed by atoms with Gasteiger partial charge in [-0.3, -0.25) is 0 Å². The summed E-state index contributed by atoms with van der Waals surface area (Å²) in [7, 11) is 3.36. The molecule has 2 nitrogen and oxygen atoms in total. The Morgan fingerprint density at radius 2 is 1.00 bits per heavy atom. The van der Waals surface area contributed by atoms with Crippen molar-refractivity contribution < 1.29 is 9.47 Å². The van der Waals surface area contributed by atoms with Crippen LogP contribution in [0.3, 0.4) is 0 Å². The lowest BCUT2D eigenvalue weighted by atomic mass is 9.97. The number of hydrogen-bond donors (Lipinski definition) is 0. The van der Waals surface area contributed by atoms with Crippen LogP contribution in [0, 0.1) is 23.7 Å². The predicted molar refractivity (Wildman–Crippen MR) is 133 cm³/mol. The molecular weight excluding hydrogens is 392 g/mol. The molecule has 32 heavy (non-hydrogen) atoms. The van der Waals surface area contributed by atoms with Gasteiger partial charge in [-0.2, -0.15) is 0 Å². The van der Waals surface area contributed by atoms with Gasteiger partial charge in [0, 0.05) is 36.5 Å². The SMILES string of the molecule is COCC=Cc1cc(C#Cc2ccccc2)c(C=CCOC)cc1C#Cc1ccccc1. The fourth-order valence-corrected chi connectivity index (χ4v) is 2.99. The van der Waals surface area contributed by atoms with Crippen LogP contribution in [0.2, 0.25) is 0 Å². The molecule has 3 rings (SSSR count). The van der Waals surface area contributed by atoms with Gasteiger partial charge in [-0.15, -0.1) is 0 Å². The van der Waals surface area contributed by atoms with Gasteiger partial charge in [-0.05, 0) is 47.5 Å². The van der Waals surface area contributed by atoms with E-state index >= 15 is 0 Å². The summed E-state index contributed by atoms with van der Waals surface area (Å²) in [5.74, 6) is 13.2. The number of methoxy groups -OCH3 is 2. The first-order chi connectivity index (χ1) is 15.8. The Morgan fingerprint density at radius 3 is 1.38 bits per heavy atom. The average molecular weight is 419 g/mol. The van der Waals surface area contributed by atoms with Crippen LogP contribution in [0.4, 0.5) is 0 Å². The Bertz CT molecular complexity index is 1080. The molecule has 0 bridgehead atoms.